The van der Waals surface area contributed by atoms with Crippen LogP contribution >= 0.6 is 0 Å². The minimum Gasteiger partial charge on any atom is -0.335 e. The molecular weight excluding hydrogens is 669 g/mol. The molecule has 54 heavy (non-hydrogen) atoms. The van der Waals surface area contributed by atoms with Gasteiger partial charge in [-0.1, -0.05) is 129 Å². The van der Waals surface area contributed by atoms with Crippen LogP contribution in [0.15, 0.2) is 115 Å². The molecular formula is C49H48BN3Si. The Morgan fingerprint density at radius 1 is 0.648 bits per heavy atom. The van der Waals surface area contributed by atoms with Crippen LogP contribution in [0.1, 0.15) is 56.2 Å². The van der Waals surface area contributed by atoms with E-state index in [2.05, 4.69) is 177 Å². The van der Waals surface area contributed by atoms with Gasteiger partial charge in [0.1, 0.15) is 0 Å². The van der Waals surface area contributed by atoms with Gasteiger partial charge in [-0.3, -0.25) is 0 Å². The fraction of sp³-hybridized carbons (Fsp3) is 0.265. The molecule has 3 aliphatic heterocycles. The minimum absolute atomic E-state index is 0.0403. The number of hydrogen-bond donors (Lipinski definition) is 0. The van der Waals surface area contributed by atoms with Crippen molar-refractivity contribution < 1.29 is 0 Å². The largest absolute Gasteiger partial charge is 0.335 e. The van der Waals surface area contributed by atoms with E-state index in [0.717, 1.165) is 0 Å². The molecule has 7 aromatic rings. The summed E-state index contributed by atoms with van der Waals surface area (Å²) in [5.41, 5.74) is 19.0. The molecule has 4 heterocycles. The van der Waals surface area contributed by atoms with Crippen molar-refractivity contribution in [3.8, 4) is 5.69 Å². The Morgan fingerprint density at radius 3 is 2.00 bits per heavy atom. The van der Waals surface area contributed by atoms with Gasteiger partial charge >= 0.3 is 0 Å². The Hall–Kier alpha value is -5.00. The highest BCUT2D eigenvalue weighted by atomic mass is 28.3. The van der Waals surface area contributed by atoms with Gasteiger partial charge in [-0.15, -0.1) is 0 Å². The maximum Gasteiger partial charge on any atom is 0.252 e. The summed E-state index contributed by atoms with van der Waals surface area (Å²) in [6.45, 7) is 17.4. The monoisotopic (exact) mass is 717 g/mol. The van der Waals surface area contributed by atoms with E-state index in [-0.39, 0.29) is 17.7 Å². The number of aromatic nitrogens is 1. The lowest BCUT2D eigenvalue weighted by atomic mass is 9.33. The smallest absolute Gasteiger partial charge is 0.252 e. The number of benzene rings is 6. The summed E-state index contributed by atoms with van der Waals surface area (Å²) in [4.78, 5) is 5.39. The molecule has 266 valence electrons. The summed E-state index contributed by atoms with van der Waals surface area (Å²) in [5, 5.41) is 4.27. The van der Waals surface area contributed by atoms with Gasteiger partial charge in [0.25, 0.3) is 6.71 Å². The average molecular weight is 718 g/mol. The molecule has 1 fully saturated rings. The van der Waals surface area contributed by atoms with Crippen LogP contribution in [0.3, 0.4) is 0 Å². The van der Waals surface area contributed by atoms with Gasteiger partial charge in [0.2, 0.25) is 0 Å². The highest BCUT2D eigenvalue weighted by Gasteiger charge is 2.61. The van der Waals surface area contributed by atoms with Crippen LogP contribution in [-0.2, 0) is 5.41 Å². The van der Waals surface area contributed by atoms with Crippen molar-refractivity contribution in [2.24, 2.45) is 0 Å². The number of rotatable bonds is 4. The van der Waals surface area contributed by atoms with Gasteiger partial charge in [-0.2, -0.15) is 0 Å². The van der Waals surface area contributed by atoms with E-state index in [1.54, 1.807) is 10.8 Å². The summed E-state index contributed by atoms with van der Waals surface area (Å²) < 4.78 is 2.63. The number of nitrogens with zero attached hydrogens (tertiary/aromatic N) is 3. The maximum atomic E-state index is 2.89. The number of aryl methyl sites for hydroxylation is 2. The Balaban J connectivity index is 1.32. The van der Waals surface area contributed by atoms with Crippen LogP contribution < -0.4 is 31.4 Å². The molecule has 0 radical (unpaired) electrons. The summed E-state index contributed by atoms with van der Waals surface area (Å²) in [6, 6.07) is 44.9. The summed E-state index contributed by atoms with van der Waals surface area (Å²) in [6.07, 6.45) is 4.98. The Morgan fingerprint density at radius 2 is 1.30 bits per heavy atom. The molecule has 0 spiro atoms. The van der Waals surface area contributed by atoms with E-state index in [9.17, 15) is 0 Å². The summed E-state index contributed by atoms with van der Waals surface area (Å²) in [7, 11) is -1.66. The Bertz CT molecular complexity index is 2680. The third kappa shape index (κ3) is 4.09. The number of fused-ring (bicyclic) bond motifs is 10. The zero-order valence-corrected chi connectivity index (χ0v) is 33.7. The Kier molecular flexibility index (Phi) is 6.50. The molecule has 0 N–H and O–H groups in total. The molecule has 2 unspecified atom stereocenters. The second-order valence-electron chi connectivity index (χ2n) is 18.3. The van der Waals surface area contributed by atoms with Crippen molar-refractivity contribution in [1.82, 2.24) is 4.57 Å². The molecule has 2 atom stereocenters. The number of anilines is 5. The summed E-state index contributed by atoms with van der Waals surface area (Å²) in [5.74, 6) is 0. The van der Waals surface area contributed by atoms with Crippen LogP contribution in [0.2, 0.25) is 19.6 Å². The first kappa shape index (κ1) is 32.4. The third-order valence-electron chi connectivity index (χ3n) is 14.2. The number of hydrogen-bond acceptors (Lipinski definition) is 2. The topological polar surface area (TPSA) is 11.4 Å². The van der Waals surface area contributed by atoms with E-state index in [1.807, 2.05) is 0 Å². The van der Waals surface area contributed by atoms with E-state index in [4.69, 9.17) is 0 Å². The number of para-hydroxylation sites is 2. The average Bonchev–Trinajstić information content (AvgIpc) is 3.61. The van der Waals surface area contributed by atoms with E-state index in [0.29, 0.717) is 0 Å². The Labute approximate surface area is 321 Å². The third-order valence-corrected chi connectivity index (χ3v) is 16.2. The molecule has 1 aromatic heterocycles. The predicted octanol–water partition coefficient (Wildman–Crippen LogP) is 10.3. The molecule has 0 amide bonds. The first-order chi connectivity index (χ1) is 26.0. The maximum absolute atomic E-state index is 2.89. The van der Waals surface area contributed by atoms with Crippen LogP contribution in [0, 0.1) is 13.8 Å². The second kappa shape index (κ2) is 10.8. The molecule has 3 nitrogen and oxygen atoms in total. The lowest BCUT2D eigenvalue weighted by Gasteiger charge is -2.52. The lowest BCUT2D eigenvalue weighted by Crippen LogP contribution is -2.64. The fourth-order valence-electron chi connectivity index (χ4n) is 11.1. The van der Waals surface area contributed by atoms with Gasteiger partial charge in [0.15, 0.2) is 0 Å². The van der Waals surface area contributed by atoms with Crippen LogP contribution in [0.25, 0.3) is 27.5 Å². The minimum atomic E-state index is -1.66. The highest BCUT2D eigenvalue weighted by molar-refractivity contribution is 7.01. The van der Waals surface area contributed by atoms with Gasteiger partial charge < -0.3 is 14.4 Å². The SMILES string of the molecule is Cc1ccc(N(c2ccc(C)cc2)c2cc3c4c(c2)-n2c5ccccc5c5cccc(c52)B4c2cc([Si](C)(C)C)cc4c2N3C2(C)CCCCC42C)cc1. The standard InChI is InChI=1S/C49H48BN3Si/c1-31-17-21-33(22-18-31)51(34-23-19-32(2)20-24-34)35-27-43-45-44(28-35)53-47-39(48(3)25-10-11-26-49(48,53)4)29-36(54(5,6)7)30-41(47)50(45)40-15-12-14-38-37-13-8-9-16-42(37)52(43)46(38)40/h8-9,12-24,27-30H,10-11,25-26H2,1-7H3. The van der Waals surface area contributed by atoms with Crippen molar-refractivity contribution in [2.45, 2.75) is 84.0 Å². The first-order valence-electron chi connectivity index (χ1n) is 20.1. The highest BCUT2D eigenvalue weighted by Crippen LogP contribution is 2.61. The van der Waals surface area contributed by atoms with E-state index >= 15 is 0 Å². The van der Waals surface area contributed by atoms with Gasteiger partial charge in [-0.05, 0) is 98.0 Å². The molecule has 5 heteroatoms. The van der Waals surface area contributed by atoms with Crippen LogP contribution in [-0.4, -0.2) is 24.9 Å². The van der Waals surface area contributed by atoms with Gasteiger partial charge in [0.05, 0.1) is 24.8 Å². The van der Waals surface area contributed by atoms with Crippen LogP contribution in [0.4, 0.5) is 28.4 Å². The molecule has 0 saturated heterocycles. The zero-order chi connectivity index (χ0) is 36.9. The van der Waals surface area contributed by atoms with E-state index in [1.165, 1.54) is 109 Å². The van der Waals surface area contributed by atoms with Crippen molar-refractivity contribution >= 4 is 86.6 Å². The van der Waals surface area contributed by atoms with Crippen molar-refractivity contribution in [3.63, 3.8) is 0 Å². The lowest BCUT2D eigenvalue weighted by molar-refractivity contribution is 0.195. The molecule has 0 bridgehead atoms. The molecule has 1 saturated carbocycles. The summed E-state index contributed by atoms with van der Waals surface area (Å²) >= 11 is 0. The van der Waals surface area contributed by atoms with Crippen molar-refractivity contribution in [1.29, 1.82) is 0 Å². The van der Waals surface area contributed by atoms with Crippen molar-refractivity contribution in [3.05, 3.63) is 132 Å². The zero-order valence-electron chi connectivity index (χ0n) is 32.7. The van der Waals surface area contributed by atoms with Crippen LogP contribution in [0.5, 0.6) is 0 Å². The molecule has 4 aliphatic rings. The van der Waals surface area contributed by atoms with Gasteiger partial charge in [0, 0.05) is 50.1 Å². The van der Waals surface area contributed by atoms with Crippen molar-refractivity contribution in [2.75, 3.05) is 9.80 Å². The molecule has 11 rings (SSSR count). The first-order valence-corrected chi connectivity index (χ1v) is 23.6. The predicted molar refractivity (Wildman–Crippen MR) is 235 cm³/mol. The normalized spacial score (nSPS) is 20.6. The molecule has 6 aromatic carbocycles. The molecule has 1 aliphatic carbocycles. The van der Waals surface area contributed by atoms with Gasteiger partial charge in [-0.25, -0.2) is 0 Å². The second-order valence-corrected chi connectivity index (χ2v) is 23.4. The quantitative estimate of drug-likeness (QED) is 0.168. The fourth-order valence-corrected chi connectivity index (χ4v) is 12.3. The van der Waals surface area contributed by atoms with E-state index < -0.39 is 8.07 Å².